The Morgan fingerprint density at radius 2 is 2.00 bits per heavy atom. The van der Waals surface area contributed by atoms with Crippen molar-refractivity contribution < 1.29 is 0 Å². The van der Waals surface area contributed by atoms with Gasteiger partial charge >= 0.3 is 0 Å². The van der Waals surface area contributed by atoms with Gasteiger partial charge in [-0.25, -0.2) is 0 Å². The summed E-state index contributed by atoms with van der Waals surface area (Å²) in [6.45, 7) is 17.7. The summed E-state index contributed by atoms with van der Waals surface area (Å²) in [4.78, 5) is 2.66. The second-order valence-corrected chi connectivity index (χ2v) is 7.09. The summed E-state index contributed by atoms with van der Waals surface area (Å²) < 4.78 is 2.15. The van der Waals surface area contributed by atoms with E-state index in [-0.39, 0.29) is 0 Å². The van der Waals surface area contributed by atoms with Crippen LogP contribution in [0.2, 0.25) is 0 Å². The van der Waals surface area contributed by atoms with Gasteiger partial charge in [-0.1, -0.05) is 27.7 Å². The topological polar surface area (TPSA) is 33.1 Å². The van der Waals surface area contributed by atoms with E-state index in [0.717, 1.165) is 31.9 Å². The summed E-state index contributed by atoms with van der Waals surface area (Å²) in [6.07, 6.45) is 0. The van der Waals surface area contributed by atoms with Crippen molar-refractivity contribution >= 4 is 0 Å². The van der Waals surface area contributed by atoms with Gasteiger partial charge in [0.1, 0.15) is 0 Å². The minimum atomic E-state index is 0.596. The highest BCUT2D eigenvalue weighted by Crippen LogP contribution is 2.21. The standard InChI is InChI=1S/C17H32N4/c1-7-21-15(8-14(6)19-21)10-20-11-16(12(2)3)18-9-17(20)13(4)5/h8,12-13,16-18H,7,9-11H2,1-6H3. The van der Waals surface area contributed by atoms with Gasteiger partial charge in [0, 0.05) is 38.3 Å². The van der Waals surface area contributed by atoms with Gasteiger partial charge in [0.25, 0.3) is 0 Å². The van der Waals surface area contributed by atoms with Crippen LogP contribution in [0.1, 0.15) is 46.0 Å². The number of hydrogen-bond donors (Lipinski definition) is 1. The molecule has 2 heterocycles. The van der Waals surface area contributed by atoms with Crippen LogP contribution in [-0.4, -0.2) is 39.9 Å². The molecule has 0 amide bonds. The summed E-state index contributed by atoms with van der Waals surface area (Å²) in [5.41, 5.74) is 2.48. The number of piperazine rings is 1. The average Bonchev–Trinajstić information content (AvgIpc) is 2.78. The largest absolute Gasteiger partial charge is 0.311 e. The molecule has 0 aliphatic carbocycles. The van der Waals surface area contributed by atoms with E-state index < -0.39 is 0 Å². The number of nitrogens with zero attached hydrogens (tertiary/aromatic N) is 3. The van der Waals surface area contributed by atoms with Crippen molar-refractivity contribution in [2.45, 2.75) is 66.7 Å². The van der Waals surface area contributed by atoms with E-state index in [1.54, 1.807) is 0 Å². The molecule has 1 aliphatic rings. The van der Waals surface area contributed by atoms with Crippen LogP contribution in [0.25, 0.3) is 0 Å². The van der Waals surface area contributed by atoms with Gasteiger partial charge < -0.3 is 5.32 Å². The summed E-state index contributed by atoms with van der Waals surface area (Å²) in [5, 5.41) is 8.33. The molecule has 2 atom stereocenters. The highest BCUT2D eigenvalue weighted by molar-refractivity contribution is 5.09. The van der Waals surface area contributed by atoms with Crippen molar-refractivity contribution in [1.82, 2.24) is 20.0 Å². The van der Waals surface area contributed by atoms with E-state index in [1.807, 2.05) is 0 Å². The zero-order valence-corrected chi connectivity index (χ0v) is 14.6. The third kappa shape index (κ3) is 3.86. The number of nitrogens with one attached hydrogen (secondary N) is 1. The number of hydrogen-bond acceptors (Lipinski definition) is 3. The molecule has 2 unspecified atom stereocenters. The molecule has 120 valence electrons. The zero-order chi connectivity index (χ0) is 15.6. The molecule has 0 bridgehead atoms. The number of aromatic nitrogens is 2. The van der Waals surface area contributed by atoms with Crippen molar-refractivity contribution in [2.24, 2.45) is 11.8 Å². The van der Waals surface area contributed by atoms with Gasteiger partial charge in [0.15, 0.2) is 0 Å². The molecule has 1 N–H and O–H groups in total. The van der Waals surface area contributed by atoms with Crippen LogP contribution in [0.4, 0.5) is 0 Å². The fraction of sp³-hybridized carbons (Fsp3) is 0.824. The first kappa shape index (κ1) is 16.5. The Bertz CT molecular complexity index is 450. The van der Waals surface area contributed by atoms with E-state index in [2.05, 4.69) is 67.6 Å². The van der Waals surface area contributed by atoms with E-state index in [4.69, 9.17) is 0 Å². The van der Waals surface area contributed by atoms with Crippen LogP contribution in [0, 0.1) is 18.8 Å². The molecule has 2 rings (SSSR count). The van der Waals surface area contributed by atoms with Crippen LogP contribution in [0.3, 0.4) is 0 Å². The summed E-state index contributed by atoms with van der Waals surface area (Å²) in [6, 6.07) is 3.45. The van der Waals surface area contributed by atoms with Crippen LogP contribution in [0.5, 0.6) is 0 Å². The fourth-order valence-electron chi connectivity index (χ4n) is 3.35. The Hall–Kier alpha value is -0.870. The third-order valence-electron chi connectivity index (χ3n) is 4.71. The monoisotopic (exact) mass is 292 g/mol. The lowest BCUT2D eigenvalue weighted by Crippen LogP contribution is -2.59. The lowest BCUT2D eigenvalue weighted by molar-refractivity contribution is 0.0759. The highest BCUT2D eigenvalue weighted by Gasteiger charge is 2.31. The van der Waals surface area contributed by atoms with Crippen LogP contribution in [-0.2, 0) is 13.1 Å². The summed E-state index contributed by atoms with van der Waals surface area (Å²) >= 11 is 0. The quantitative estimate of drug-likeness (QED) is 0.906. The fourth-order valence-corrected chi connectivity index (χ4v) is 3.35. The van der Waals surface area contributed by atoms with E-state index >= 15 is 0 Å². The second-order valence-electron chi connectivity index (χ2n) is 7.09. The van der Waals surface area contributed by atoms with Gasteiger partial charge in [-0.15, -0.1) is 0 Å². The van der Waals surface area contributed by atoms with E-state index in [9.17, 15) is 0 Å². The van der Waals surface area contributed by atoms with Gasteiger partial charge in [-0.05, 0) is 31.7 Å². The molecule has 21 heavy (non-hydrogen) atoms. The molecule has 0 aromatic carbocycles. The van der Waals surface area contributed by atoms with Gasteiger partial charge in [-0.3, -0.25) is 9.58 Å². The van der Waals surface area contributed by atoms with Crippen molar-refractivity contribution in [1.29, 1.82) is 0 Å². The molecular weight excluding hydrogens is 260 g/mol. The SMILES string of the molecule is CCn1nc(C)cc1CN1CC(C(C)C)NCC1C(C)C. The molecule has 1 aromatic rings. The van der Waals surface area contributed by atoms with Crippen LogP contribution >= 0.6 is 0 Å². The summed E-state index contributed by atoms with van der Waals surface area (Å²) in [5.74, 6) is 1.35. The molecule has 1 aliphatic heterocycles. The van der Waals surface area contributed by atoms with Gasteiger partial charge in [0.2, 0.25) is 0 Å². The lowest BCUT2D eigenvalue weighted by atomic mass is 9.94. The Morgan fingerprint density at radius 1 is 1.29 bits per heavy atom. The normalized spacial score (nSPS) is 24.2. The average molecular weight is 292 g/mol. The predicted molar refractivity (Wildman–Crippen MR) is 88.3 cm³/mol. The van der Waals surface area contributed by atoms with Crippen molar-refractivity contribution in [3.05, 3.63) is 17.5 Å². The minimum Gasteiger partial charge on any atom is -0.311 e. The van der Waals surface area contributed by atoms with Gasteiger partial charge in [-0.2, -0.15) is 5.10 Å². The zero-order valence-electron chi connectivity index (χ0n) is 14.6. The van der Waals surface area contributed by atoms with Crippen molar-refractivity contribution in [2.75, 3.05) is 13.1 Å². The molecular formula is C17H32N4. The maximum absolute atomic E-state index is 4.59. The number of rotatable bonds is 5. The summed E-state index contributed by atoms with van der Waals surface area (Å²) in [7, 11) is 0. The molecule has 1 saturated heterocycles. The molecule has 4 heteroatoms. The van der Waals surface area contributed by atoms with Crippen LogP contribution in [0.15, 0.2) is 6.07 Å². The van der Waals surface area contributed by atoms with Crippen molar-refractivity contribution in [3.63, 3.8) is 0 Å². The van der Waals surface area contributed by atoms with E-state index in [0.29, 0.717) is 23.9 Å². The van der Waals surface area contributed by atoms with Crippen LogP contribution < -0.4 is 5.32 Å². The smallest absolute Gasteiger partial charge is 0.0597 e. The first-order chi connectivity index (χ1) is 9.92. The second kappa shape index (κ2) is 6.93. The molecule has 4 nitrogen and oxygen atoms in total. The maximum atomic E-state index is 4.59. The lowest BCUT2D eigenvalue weighted by Gasteiger charge is -2.43. The third-order valence-corrected chi connectivity index (χ3v) is 4.71. The Labute approximate surface area is 129 Å². The predicted octanol–water partition coefficient (Wildman–Crippen LogP) is 2.67. The Balaban J connectivity index is 2.15. The minimum absolute atomic E-state index is 0.596. The van der Waals surface area contributed by atoms with Crippen molar-refractivity contribution in [3.8, 4) is 0 Å². The first-order valence-corrected chi connectivity index (χ1v) is 8.43. The van der Waals surface area contributed by atoms with E-state index in [1.165, 1.54) is 5.69 Å². The molecule has 1 aromatic heterocycles. The molecule has 0 radical (unpaired) electrons. The first-order valence-electron chi connectivity index (χ1n) is 8.43. The molecule has 0 saturated carbocycles. The molecule has 1 fully saturated rings. The Kier molecular flexibility index (Phi) is 5.44. The highest BCUT2D eigenvalue weighted by atomic mass is 15.3. The molecule has 0 spiro atoms. The number of aryl methyl sites for hydroxylation is 2. The maximum Gasteiger partial charge on any atom is 0.0597 e. The van der Waals surface area contributed by atoms with Gasteiger partial charge in [0.05, 0.1) is 11.4 Å². The Morgan fingerprint density at radius 3 is 2.57 bits per heavy atom.